The first-order chi connectivity index (χ1) is 13.3. The number of carbonyl (C=O) groups is 1. The molecule has 8 heteroatoms. The van der Waals surface area contributed by atoms with Gasteiger partial charge in [-0.2, -0.15) is 0 Å². The van der Waals surface area contributed by atoms with Crippen LogP contribution in [0.25, 0.3) is 0 Å². The van der Waals surface area contributed by atoms with E-state index in [-0.39, 0.29) is 11.8 Å². The summed E-state index contributed by atoms with van der Waals surface area (Å²) in [5, 5.41) is 11.7. The molecule has 1 amide bonds. The number of aromatic nitrogens is 3. The Kier molecular flexibility index (Phi) is 5.43. The maximum absolute atomic E-state index is 12.6. The molecule has 2 aliphatic rings. The third kappa shape index (κ3) is 4.33. The molecule has 0 radical (unpaired) electrons. The van der Waals surface area contributed by atoms with Gasteiger partial charge in [0.25, 0.3) is 0 Å². The summed E-state index contributed by atoms with van der Waals surface area (Å²) in [6, 6.07) is 9.51. The molecule has 0 saturated carbocycles. The molecule has 0 bridgehead atoms. The van der Waals surface area contributed by atoms with Crippen LogP contribution in [0.15, 0.2) is 36.5 Å². The summed E-state index contributed by atoms with van der Waals surface area (Å²) in [4.78, 5) is 21.0. The number of ether oxygens (including phenoxy) is 1. The highest BCUT2D eigenvalue weighted by atomic mass is 16.5. The maximum Gasteiger partial charge on any atom is 0.225 e. The average molecular weight is 368 g/mol. The first-order valence-corrected chi connectivity index (χ1v) is 9.43. The van der Waals surface area contributed by atoms with E-state index in [1.807, 2.05) is 35.2 Å². The van der Waals surface area contributed by atoms with Crippen molar-refractivity contribution in [1.29, 1.82) is 0 Å². The Balaban J connectivity index is 1.31. The fourth-order valence-electron chi connectivity index (χ4n) is 3.49. The van der Waals surface area contributed by atoms with E-state index in [4.69, 9.17) is 4.74 Å². The van der Waals surface area contributed by atoms with E-state index < -0.39 is 0 Å². The Labute approximate surface area is 158 Å². The molecular weight excluding hydrogens is 344 g/mol. The first kappa shape index (κ1) is 17.7. The van der Waals surface area contributed by atoms with Gasteiger partial charge >= 0.3 is 0 Å². The van der Waals surface area contributed by atoms with Gasteiger partial charge in [-0.05, 0) is 37.1 Å². The van der Waals surface area contributed by atoms with Crippen LogP contribution in [-0.2, 0) is 9.53 Å². The van der Waals surface area contributed by atoms with Crippen LogP contribution in [0.2, 0.25) is 0 Å². The van der Waals surface area contributed by atoms with Crippen molar-refractivity contribution in [2.75, 3.05) is 49.6 Å². The predicted molar refractivity (Wildman–Crippen MR) is 102 cm³/mol. The Morgan fingerprint density at radius 3 is 2.48 bits per heavy atom. The van der Waals surface area contributed by atoms with Gasteiger partial charge in [0, 0.05) is 51.5 Å². The number of hydrogen-bond acceptors (Lipinski definition) is 7. The molecule has 2 aromatic rings. The lowest BCUT2D eigenvalue weighted by Crippen LogP contribution is -2.51. The van der Waals surface area contributed by atoms with Crippen LogP contribution in [0.3, 0.4) is 0 Å². The Morgan fingerprint density at radius 2 is 1.81 bits per heavy atom. The molecule has 0 aromatic carbocycles. The number of piperazine rings is 1. The van der Waals surface area contributed by atoms with Gasteiger partial charge in [0.2, 0.25) is 5.91 Å². The van der Waals surface area contributed by atoms with E-state index in [1.165, 1.54) is 0 Å². The molecule has 2 aromatic heterocycles. The number of nitrogens with zero attached hydrogens (tertiary/aromatic N) is 5. The van der Waals surface area contributed by atoms with E-state index in [9.17, 15) is 4.79 Å². The Hall–Kier alpha value is -2.74. The quantitative estimate of drug-likeness (QED) is 0.879. The zero-order valence-corrected chi connectivity index (χ0v) is 15.3. The molecule has 27 heavy (non-hydrogen) atoms. The van der Waals surface area contributed by atoms with Crippen molar-refractivity contribution in [3.63, 3.8) is 0 Å². The Bertz CT molecular complexity index is 741. The monoisotopic (exact) mass is 368 g/mol. The lowest BCUT2D eigenvalue weighted by Gasteiger charge is -2.37. The molecule has 0 atom stereocenters. The van der Waals surface area contributed by atoms with Gasteiger partial charge < -0.3 is 19.9 Å². The third-order valence-electron chi connectivity index (χ3n) is 5.06. The zero-order chi connectivity index (χ0) is 18.5. The standard InChI is InChI=1S/C19H24N6O2/c26-19(15-6-13-27-14-7-15)25-11-9-24(10-12-25)18-5-4-17(22-23-18)21-16-3-1-2-8-20-16/h1-5,8,15H,6-7,9-14H2,(H,20,21,22). The molecule has 0 aliphatic carbocycles. The summed E-state index contributed by atoms with van der Waals surface area (Å²) in [5.41, 5.74) is 0. The molecule has 142 valence electrons. The maximum atomic E-state index is 12.6. The summed E-state index contributed by atoms with van der Waals surface area (Å²) in [7, 11) is 0. The van der Waals surface area contributed by atoms with Crippen molar-refractivity contribution < 1.29 is 9.53 Å². The van der Waals surface area contributed by atoms with Crippen molar-refractivity contribution in [3.8, 4) is 0 Å². The van der Waals surface area contributed by atoms with Crippen LogP contribution in [0, 0.1) is 5.92 Å². The summed E-state index contributed by atoms with van der Waals surface area (Å²) in [6.07, 6.45) is 3.41. The largest absolute Gasteiger partial charge is 0.381 e. The first-order valence-electron chi connectivity index (χ1n) is 9.43. The molecule has 4 heterocycles. The van der Waals surface area contributed by atoms with Gasteiger partial charge in [-0.1, -0.05) is 6.07 Å². The van der Waals surface area contributed by atoms with Gasteiger partial charge in [-0.25, -0.2) is 4.98 Å². The number of hydrogen-bond donors (Lipinski definition) is 1. The van der Waals surface area contributed by atoms with Crippen molar-refractivity contribution in [1.82, 2.24) is 20.1 Å². The molecular formula is C19H24N6O2. The van der Waals surface area contributed by atoms with Crippen LogP contribution in [0.1, 0.15) is 12.8 Å². The minimum Gasteiger partial charge on any atom is -0.381 e. The van der Waals surface area contributed by atoms with Crippen molar-refractivity contribution in [2.45, 2.75) is 12.8 Å². The number of rotatable bonds is 4. The minimum absolute atomic E-state index is 0.127. The summed E-state index contributed by atoms with van der Waals surface area (Å²) < 4.78 is 5.36. The van der Waals surface area contributed by atoms with Crippen molar-refractivity contribution in [3.05, 3.63) is 36.5 Å². The van der Waals surface area contributed by atoms with Crippen molar-refractivity contribution >= 4 is 23.4 Å². The van der Waals surface area contributed by atoms with Crippen LogP contribution in [-0.4, -0.2) is 65.4 Å². The number of carbonyl (C=O) groups excluding carboxylic acids is 1. The van der Waals surface area contributed by atoms with Crippen LogP contribution in [0.4, 0.5) is 17.5 Å². The lowest BCUT2D eigenvalue weighted by atomic mass is 9.98. The molecule has 0 spiro atoms. The highest BCUT2D eigenvalue weighted by Crippen LogP contribution is 2.20. The second-order valence-electron chi connectivity index (χ2n) is 6.82. The van der Waals surface area contributed by atoms with Crippen LogP contribution >= 0.6 is 0 Å². The highest BCUT2D eigenvalue weighted by Gasteiger charge is 2.29. The topological polar surface area (TPSA) is 83.5 Å². The molecule has 4 rings (SSSR count). The molecule has 8 nitrogen and oxygen atoms in total. The Morgan fingerprint density at radius 1 is 1.00 bits per heavy atom. The van der Waals surface area contributed by atoms with Gasteiger partial charge in [0.1, 0.15) is 5.82 Å². The SMILES string of the molecule is O=C(C1CCOCC1)N1CCN(c2ccc(Nc3ccccn3)nn2)CC1. The van der Waals surface area contributed by atoms with E-state index in [1.54, 1.807) is 6.20 Å². The van der Waals surface area contributed by atoms with E-state index >= 15 is 0 Å². The highest BCUT2D eigenvalue weighted by molar-refractivity contribution is 5.79. The molecule has 2 fully saturated rings. The third-order valence-corrected chi connectivity index (χ3v) is 5.06. The summed E-state index contributed by atoms with van der Waals surface area (Å²) >= 11 is 0. The normalized spacial score (nSPS) is 18.4. The summed E-state index contributed by atoms with van der Waals surface area (Å²) in [5.74, 6) is 2.63. The van der Waals surface area contributed by atoms with Gasteiger partial charge in [0.15, 0.2) is 11.6 Å². The van der Waals surface area contributed by atoms with E-state index in [0.717, 1.165) is 50.7 Å². The zero-order valence-electron chi connectivity index (χ0n) is 15.3. The molecule has 2 saturated heterocycles. The number of anilines is 3. The van der Waals surface area contributed by atoms with Gasteiger partial charge in [-0.3, -0.25) is 4.79 Å². The van der Waals surface area contributed by atoms with E-state index in [0.29, 0.717) is 19.0 Å². The lowest BCUT2D eigenvalue weighted by molar-refractivity contribution is -0.138. The van der Waals surface area contributed by atoms with Gasteiger partial charge in [0.05, 0.1) is 0 Å². The van der Waals surface area contributed by atoms with Gasteiger partial charge in [-0.15, -0.1) is 10.2 Å². The second kappa shape index (κ2) is 8.30. The van der Waals surface area contributed by atoms with E-state index in [2.05, 4.69) is 25.4 Å². The minimum atomic E-state index is 0.127. The van der Waals surface area contributed by atoms with Crippen LogP contribution in [0.5, 0.6) is 0 Å². The number of nitrogens with one attached hydrogen (secondary N) is 1. The smallest absolute Gasteiger partial charge is 0.225 e. The molecule has 0 unspecified atom stereocenters. The summed E-state index contributed by atoms with van der Waals surface area (Å²) in [6.45, 7) is 4.40. The average Bonchev–Trinajstić information content (AvgIpc) is 2.75. The molecule has 2 aliphatic heterocycles. The fraction of sp³-hybridized carbons (Fsp3) is 0.474. The molecule has 1 N–H and O–H groups in total. The fourth-order valence-corrected chi connectivity index (χ4v) is 3.49. The number of pyridine rings is 1. The van der Waals surface area contributed by atoms with Crippen molar-refractivity contribution in [2.24, 2.45) is 5.92 Å². The predicted octanol–water partition coefficient (Wildman–Crippen LogP) is 1.69. The second-order valence-corrected chi connectivity index (χ2v) is 6.82. The number of amides is 1. The van der Waals surface area contributed by atoms with Crippen LogP contribution < -0.4 is 10.2 Å².